The summed E-state index contributed by atoms with van der Waals surface area (Å²) in [5, 5.41) is 3.03. The van der Waals surface area contributed by atoms with Crippen molar-refractivity contribution in [1.29, 1.82) is 0 Å². The number of nitrogens with one attached hydrogen (secondary N) is 1. The molecule has 0 bridgehead atoms. The highest BCUT2D eigenvalue weighted by molar-refractivity contribution is 9.11. The molecule has 0 saturated heterocycles. The fourth-order valence-electron chi connectivity index (χ4n) is 1.25. The molecule has 0 aliphatic heterocycles. The average Bonchev–Trinajstić information content (AvgIpc) is 2.26. The van der Waals surface area contributed by atoms with Gasteiger partial charge in [0.1, 0.15) is 6.04 Å². The van der Waals surface area contributed by atoms with E-state index in [0.29, 0.717) is 12.2 Å². The molecular formula is C10H12Br2N2O2. The molecule has 1 aromatic heterocycles. The van der Waals surface area contributed by atoms with Crippen LogP contribution in [-0.4, -0.2) is 24.6 Å². The molecule has 0 aliphatic rings. The van der Waals surface area contributed by atoms with E-state index in [0.717, 1.165) is 8.95 Å². The molecule has 0 fully saturated rings. The first-order valence-corrected chi connectivity index (χ1v) is 6.30. The lowest BCUT2D eigenvalue weighted by molar-refractivity contribution is -0.143. The van der Waals surface area contributed by atoms with E-state index in [1.807, 2.05) is 13.0 Å². The first kappa shape index (κ1) is 13.6. The van der Waals surface area contributed by atoms with E-state index in [4.69, 9.17) is 4.74 Å². The van der Waals surface area contributed by atoms with Crippen molar-refractivity contribution >= 4 is 37.8 Å². The maximum absolute atomic E-state index is 11.6. The number of likely N-dealkylation sites (N-methyl/N-ethyl adjacent to an activating group) is 1. The third-order valence-corrected chi connectivity index (χ3v) is 3.02. The largest absolute Gasteiger partial charge is 0.468 e. The van der Waals surface area contributed by atoms with Gasteiger partial charge in [0.15, 0.2) is 0 Å². The van der Waals surface area contributed by atoms with Crippen LogP contribution in [0, 0.1) is 0 Å². The number of carbonyl (C=O) groups is 1. The number of carbonyl (C=O) groups excluding carboxylic acids is 1. The lowest BCUT2D eigenvalue weighted by Gasteiger charge is -2.16. The molecule has 0 spiro atoms. The molecule has 4 nitrogen and oxygen atoms in total. The second-order valence-electron chi connectivity index (χ2n) is 3.03. The molecule has 6 heteroatoms. The average molecular weight is 352 g/mol. The second kappa shape index (κ2) is 6.32. The Hall–Kier alpha value is -0.460. The molecule has 0 radical (unpaired) electrons. The highest BCUT2D eigenvalue weighted by Crippen LogP contribution is 2.25. The van der Waals surface area contributed by atoms with Crippen LogP contribution in [0.4, 0.5) is 0 Å². The Kier molecular flexibility index (Phi) is 5.37. The minimum absolute atomic E-state index is 0.350. The van der Waals surface area contributed by atoms with Gasteiger partial charge in [0, 0.05) is 15.1 Å². The predicted octanol–water partition coefficient (Wildman–Crippen LogP) is 2.43. The number of esters is 1. The number of hydrogen-bond donors (Lipinski definition) is 1. The Labute approximate surface area is 111 Å². The van der Waals surface area contributed by atoms with Gasteiger partial charge < -0.3 is 4.74 Å². The number of ether oxygens (including phenoxy) is 1. The number of methoxy groups -OCH3 is 1. The molecule has 88 valence electrons. The van der Waals surface area contributed by atoms with E-state index >= 15 is 0 Å². The van der Waals surface area contributed by atoms with Crippen LogP contribution in [0.1, 0.15) is 18.7 Å². The minimum atomic E-state index is -0.544. The van der Waals surface area contributed by atoms with Gasteiger partial charge in [0.05, 0.1) is 12.8 Å². The first-order chi connectivity index (χ1) is 7.60. The summed E-state index contributed by atoms with van der Waals surface area (Å²) >= 11 is 6.68. The standard InChI is InChI=1S/C10H12Br2N2O2/c1-3-13-9(10(15)16-2)8-7(12)4-6(11)5-14-8/h4-5,9,13H,3H2,1-2H3. The Morgan fingerprint density at radius 1 is 1.62 bits per heavy atom. The molecule has 1 rings (SSSR count). The number of nitrogens with zero attached hydrogens (tertiary/aromatic N) is 1. The highest BCUT2D eigenvalue weighted by atomic mass is 79.9. The summed E-state index contributed by atoms with van der Waals surface area (Å²) in [7, 11) is 1.36. The summed E-state index contributed by atoms with van der Waals surface area (Å²) in [5.41, 5.74) is 0.622. The van der Waals surface area contributed by atoms with Crippen LogP contribution in [0.15, 0.2) is 21.2 Å². The zero-order valence-corrected chi connectivity index (χ0v) is 12.1. The van der Waals surface area contributed by atoms with E-state index in [-0.39, 0.29) is 5.97 Å². The van der Waals surface area contributed by atoms with E-state index in [9.17, 15) is 4.79 Å². The van der Waals surface area contributed by atoms with E-state index < -0.39 is 6.04 Å². The van der Waals surface area contributed by atoms with Crippen molar-refractivity contribution < 1.29 is 9.53 Å². The predicted molar refractivity (Wildman–Crippen MR) is 68.1 cm³/mol. The lowest BCUT2D eigenvalue weighted by Crippen LogP contribution is -2.30. The first-order valence-electron chi connectivity index (χ1n) is 4.72. The Balaban J connectivity index is 3.05. The highest BCUT2D eigenvalue weighted by Gasteiger charge is 2.23. The summed E-state index contributed by atoms with van der Waals surface area (Å²) in [6.45, 7) is 2.58. The molecule has 0 saturated carbocycles. The number of hydrogen-bond acceptors (Lipinski definition) is 4. The maximum atomic E-state index is 11.6. The molecule has 0 amide bonds. The molecule has 1 heterocycles. The number of pyridine rings is 1. The van der Waals surface area contributed by atoms with Crippen LogP contribution >= 0.6 is 31.9 Å². The summed E-state index contributed by atoms with van der Waals surface area (Å²) in [6, 6.07) is 1.30. The van der Waals surface area contributed by atoms with Crippen molar-refractivity contribution in [2.75, 3.05) is 13.7 Å². The van der Waals surface area contributed by atoms with Crippen LogP contribution in [-0.2, 0) is 9.53 Å². The molecule has 0 aliphatic carbocycles. The van der Waals surface area contributed by atoms with Crippen LogP contribution < -0.4 is 5.32 Å². The van der Waals surface area contributed by atoms with Gasteiger partial charge in [0.2, 0.25) is 0 Å². The Bertz CT molecular complexity index is 385. The van der Waals surface area contributed by atoms with Crippen molar-refractivity contribution in [3.8, 4) is 0 Å². The number of halogens is 2. The number of aromatic nitrogens is 1. The van der Waals surface area contributed by atoms with E-state index in [1.165, 1.54) is 7.11 Å². The molecule has 1 atom stereocenters. The molecule has 1 aromatic rings. The van der Waals surface area contributed by atoms with Crippen molar-refractivity contribution in [3.05, 3.63) is 26.9 Å². The summed E-state index contributed by atoms with van der Waals surface area (Å²) in [4.78, 5) is 15.8. The summed E-state index contributed by atoms with van der Waals surface area (Å²) < 4.78 is 6.34. The van der Waals surface area contributed by atoms with Crippen molar-refractivity contribution in [2.24, 2.45) is 0 Å². The normalized spacial score (nSPS) is 12.2. The van der Waals surface area contributed by atoms with Crippen LogP contribution in [0.5, 0.6) is 0 Å². The van der Waals surface area contributed by atoms with Gasteiger partial charge in [-0.25, -0.2) is 4.79 Å². The van der Waals surface area contributed by atoms with E-state index in [1.54, 1.807) is 6.20 Å². The molecule has 1 N–H and O–H groups in total. The molecule has 1 unspecified atom stereocenters. The van der Waals surface area contributed by atoms with Crippen LogP contribution in [0.2, 0.25) is 0 Å². The maximum Gasteiger partial charge on any atom is 0.329 e. The second-order valence-corrected chi connectivity index (χ2v) is 4.80. The monoisotopic (exact) mass is 350 g/mol. The fraction of sp³-hybridized carbons (Fsp3) is 0.400. The lowest BCUT2D eigenvalue weighted by atomic mass is 10.2. The zero-order chi connectivity index (χ0) is 12.1. The van der Waals surface area contributed by atoms with Gasteiger partial charge >= 0.3 is 5.97 Å². The fourth-order valence-corrected chi connectivity index (χ4v) is 2.47. The molecule has 16 heavy (non-hydrogen) atoms. The zero-order valence-electron chi connectivity index (χ0n) is 8.96. The summed E-state index contributed by atoms with van der Waals surface area (Å²) in [5.74, 6) is -0.350. The topological polar surface area (TPSA) is 51.2 Å². The summed E-state index contributed by atoms with van der Waals surface area (Å²) in [6.07, 6.45) is 1.65. The van der Waals surface area contributed by atoms with Crippen LogP contribution in [0.3, 0.4) is 0 Å². The Morgan fingerprint density at radius 2 is 2.31 bits per heavy atom. The third-order valence-electron chi connectivity index (χ3n) is 1.95. The van der Waals surface area contributed by atoms with Crippen molar-refractivity contribution in [1.82, 2.24) is 10.3 Å². The van der Waals surface area contributed by atoms with Gasteiger partial charge in [-0.2, -0.15) is 0 Å². The molecular weight excluding hydrogens is 340 g/mol. The van der Waals surface area contributed by atoms with Crippen molar-refractivity contribution in [3.63, 3.8) is 0 Å². The SMILES string of the molecule is CCNC(C(=O)OC)c1ncc(Br)cc1Br. The van der Waals surface area contributed by atoms with Gasteiger partial charge in [-0.15, -0.1) is 0 Å². The quantitative estimate of drug-likeness (QED) is 0.846. The van der Waals surface area contributed by atoms with Gasteiger partial charge in [0.25, 0.3) is 0 Å². The molecule has 0 aromatic carbocycles. The van der Waals surface area contributed by atoms with Gasteiger partial charge in [-0.3, -0.25) is 10.3 Å². The number of rotatable bonds is 4. The van der Waals surface area contributed by atoms with E-state index in [2.05, 4.69) is 42.2 Å². The minimum Gasteiger partial charge on any atom is -0.468 e. The van der Waals surface area contributed by atoms with Gasteiger partial charge in [-0.05, 0) is 44.5 Å². The van der Waals surface area contributed by atoms with Crippen molar-refractivity contribution in [2.45, 2.75) is 13.0 Å². The Morgan fingerprint density at radius 3 is 2.81 bits per heavy atom. The van der Waals surface area contributed by atoms with Crippen LogP contribution in [0.25, 0.3) is 0 Å². The smallest absolute Gasteiger partial charge is 0.329 e. The third kappa shape index (κ3) is 3.26. The van der Waals surface area contributed by atoms with Gasteiger partial charge in [-0.1, -0.05) is 6.92 Å².